The Kier molecular flexibility index (Phi) is 3.84. The third-order valence-corrected chi connectivity index (χ3v) is 4.70. The zero-order valence-electron chi connectivity index (χ0n) is 12.2. The van der Waals surface area contributed by atoms with Crippen molar-refractivity contribution < 1.29 is 4.79 Å². The highest BCUT2D eigenvalue weighted by atomic mass is 32.1. The highest BCUT2D eigenvalue weighted by molar-refractivity contribution is 7.18. The number of para-hydroxylation sites is 1. The first-order valence-corrected chi connectivity index (χ1v) is 7.86. The number of Topliss-reactive ketones (excluding diaryl/α,β-unsaturated/α-hetero) is 1. The molecular formula is C18H17NOS. The van der Waals surface area contributed by atoms with E-state index in [9.17, 15) is 4.79 Å². The molecule has 1 aromatic heterocycles. The minimum atomic E-state index is 0.220. The van der Waals surface area contributed by atoms with Crippen LogP contribution in [0.1, 0.15) is 21.7 Å². The molecule has 2 aromatic carbocycles. The maximum absolute atomic E-state index is 12.2. The molecule has 0 aliphatic rings. The van der Waals surface area contributed by atoms with Gasteiger partial charge in [0, 0.05) is 6.42 Å². The smallest absolute Gasteiger partial charge is 0.144 e. The van der Waals surface area contributed by atoms with Crippen LogP contribution in [0.15, 0.2) is 42.5 Å². The number of rotatable bonds is 4. The van der Waals surface area contributed by atoms with Gasteiger partial charge in [-0.1, -0.05) is 30.3 Å². The molecule has 0 atom stereocenters. The molecule has 0 aliphatic carbocycles. The number of aryl methyl sites for hydroxylation is 2. The summed E-state index contributed by atoms with van der Waals surface area (Å²) in [6, 6.07) is 14.2. The minimum Gasteiger partial charge on any atom is -0.299 e. The average molecular weight is 295 g/mol. The topological polar surface area (TPSA) is 30.0 Å². The molecule has 1 heterocycles. The highest BCUT2D eigenvalue weighted by Gasteiger charge is 2.10. The number of hydrogen-bond acceptors (Lipinski definition) is 3. The molecule has 0 bridgehead atoms. The molecule has 0 unspecified atom stereocenters. The minimum absolute atomic E-state index is 0.220. The maximum Gasteiger partial charge on any atom is 0.144 e. The molecule has 0 amide bonds. The van der Waals surface area contributed by atoms with Crippen molar-refractivity contribution in [1.82, 2.24) is 4.98 Å². The Bertz CT molecular complexity index is 771. The van der Waals surface area contributed by atoms with Crippen LogP contribution in [0.4, 0.5) is 0 Å². The predicted octanol–water partition coefficient (Wildman–Crippen LogP) is 4.27. The van der Waals surface area contributed by atoms with E-state index in [-0.39, 0.29) is 5.78 Å². The summed E-state index contributed by atoms with van der Waals surface area (Å²) in [5.41, 5.74) is 4.57. The first-order chi connectivity index (χ1) is 10.1. The van der Waals surface area contributed by atoms with Crippen LogP contribution in [-0.2, 0) is 17.6 Å². The van der Waals surface area contributed by atoms with Gasteiger partial charge in [0.05, 0.1) is 16.6 Å². The summed E-state index contributed by atoms with van der Waals surface area (Å²) < 4.78 is 1.14. The summed E-state index contributed by atoms with van der Waals surface area (Å²) in [5, 5.41) is 0.907. The van der Waals surface area contributed by atoms with Gasteiger partial charge in [0.2, 0.25) is 0 Å². The first-order valence-electron chi connectivity index (χ1n) is 7.04. The average Bonchev–Trinajstić information content (AvgIpc) is 2.84. The standard InChI is InChI=1S/C18H17NOS/c1-12-7-8-14(9-13(12)2)10-15(20)11-18-19-16-5-3-4-6-17(16)21-18/h3-9H,10-11H2,1-2H3. The summed E-state index contributed by atoms with van der Waals surface area (Å²) in [4.78, 5) is 16.7. The van der Waals surface area contributed by atoms with Gasteiger partial charge < -0.3 is 0 Å². The quantitative estimate of drug-likeness (QED) is 0.719. The summed E-state index contributed by atoms with van der Waals surface area (Å²) in [6.45, 7) is 4.17. The zero-order valence-corrected chi connectivity index (χ0v) is 13.0. The first kappa shape index (κ1) is 14.0. The molecule has 0 saturated carbocycles. The van der Waals surface area contributed by atoms with Gasteiger partial charge in [-0.05, 0) is 42.7 Å². The van der Waals surface area contributed by atoms with Gasteiger partial charge in [0.15, 0.2) is 0 Å². The molecule has 0 spiro atoms. The SMILES string of the molecule is Cc1ccc(CC(=O)Cc2nc3ccccc3s2)cc1C. The van der Waals surface area contributed by atoms with E-state index < -0.39 is 0 Å². The van der Waals surface area contributed by atoms with Gasteiger partial charge in [-0.3, -0.25) is 4.79 Å². The summed E-state index contributed by atoms with van der Waals surface area (Å²) in [6.07, 6.45) is 0.906. The number of thiazole rings is 1. The van der Waals surface area contributed by atoms with E-state index in [1.165, 1.54) is 11.1 Å². The summed E-state index contributed by atoms with van der Waals surface area (Å²) in [5.74, 6) is 0.220. The number of fused-ring (bicyclic) bond motifs is 1. The van der Waals surface area contributed by atoms with Crippen LogP contribution in [-0.4, -0.2) is 10.8 Å². The fraction of sp³-hybridized carbons (Fsp3) is 0.222. The number of carbonyl (C=O) groups excluding carboxylic acids is 1. The molecule has 106 valence electrons. The Labute approximate surface area is 128 Å². The number of ketones is 1. The second-order valence-electron chi connectivity index (χ2n) is 5.39. The van der Waals surface area contributed by atoms with E-state index in [2.05, 4.69) is 31.0 Å². The molecule has 0 aliphatic heterocycles. The molecule has 3 aromatic rings. The number of nitrogens with zero attached hydrogens (tertiary/aromatic N) is 1. The fourth-order valence-electron chi connectivity index (χ4n) is 2.37. The van der Waals surface area contributed by atoms with Crippen LogP contribution in [0, 0.1) is 13.8 Å². The van der Waals surface area contributed by atoms with Crippen molar-refractivity contribution in [2.45, 2.75) is 26.7 Å². The van der Waals surface area contributed by atoms with Gasteiger partial charge in [-0.15, -0.1) is 11.3 Å². The lowest BCUT2D eigenvalue weighted by atomic mass is 10.0. The van der Waals surface area contributed by atoms with Crippen LogP contribution in [0.3, 0.4) is 0 Å². The van der Waals surface area contributed by atoms with Gasteiger partial charge in [-0.2, -0.15) is 0 Å². The Hall–Kier alpha value is -2.00. The normalized spacial score (nSPS) is 11.0. The lowest BCUT2D eigenvalue weighted by Crippen LogP contribution is -2.06. The van der Waals surface area contributed by atoms with Crippen molar-refractivity contribution in [2.24, 2.45) is 0 Å². The van der Waals surface area contributed by atoms with E-state index in [4.69, 9.17) is 0 Å². The Morgan fingerprint density at radius 3 is 2.62 bits per heavy atom. The molecule has 21 heavy (non-hydrogen) atoms. The summed E-state index contributed by atoms with van der Waals surface area (Å²) in [7, 11) is 0. The Morgan fingerprint density at radius 1 is 1.05 bits per heavy atom. The number of benzene rings is 2. The molecular weight excluding hydrogens is 278 g/mol. The van der Waals surface area contributed by atoms with Crippen LogP contribution in [0.5, 0.6) is 0 Å². The van der Waals surface area contributed by atoms with E-state index in [0.29, 0.717) is 12.8 Å². The maximum atomic E-state index is 12.2. The van der Waals surface area contributed by atoms with Crippen LogP contribution in [0.25, 0.3) is 10.2 Å². The number of hydrogen-bond donors (Lipinski definition) is 0. The lowest BCUT2D eigenvalue weighted by Gasteiger charge is -2.04. The van der Waals surface area contributed by atoms with Crippen molar-refractivity contribution >= 4 is 27.3 Å². The van der Waals surface area contributed by atoms with Crippen LogP contribution in [0.2, 0.25) is 0 Å². The van der Waals surface area contributed by atoms with E-state index in [1.54, 1.807) is 11.3 Å². The third-order valence-electron chi connectivity index (χ3n) is 3.66. The lowest BCUT2D eigenvalue weighted by molar-refractivity contribution is -0.117. The van der Waals surface area contributed by atoms with Crippen LogP contribution >= 0.6 is 11.3 Å². The van der Waals surface area contributed by atoms with Crippen molar-refractivity contribution in [2.75, 3.05) is 0 Å². The molecule has 3 heteroatoms. The van der Waals surface area contributed by atoms with Crippen molar-refractivity contribution in [3.8, 4) is 0 Å². The van der Waals surface area contributed by atoms with Crippen molar-refractivity contribution in [3.05, 3.63) is 64.2 Å². The largest absolute Gasteiger partial charge is 0.299 e. The van der Waals surface area contributed by atoms with Gasteiger partial charge in [0.25, 0.3) is 0 Å². The zero-order chi connectivity index (χ0) is 14.8. The second-order valence-corrected chi connectivity index (χ2v) is 6.50. The number of carbonyl (C=O) groups is 1. The van der Waals surface area contributed by atoms with Gasteiger partial charge in [0.1, 0.15) is 10.8 Å². The van der Waals surface area contributed by atoms with E-state index >= 15 is 0 Å². The fourth-order valence-corrected chi connectivity index (χ4v) is 3.36. The molecule has 0 radical (unpaired) electrons. The molecule has 0 N–H and O–H groups in total. The monoisotopic (exact) mass is 295 g/mol. The van der Waals surface area contributed by atoms with E-state index in [1.807, 2.05) is 30.3 Å². The Balaban J connectivity index is 1.72. The van der Waals surface area contributed by atoms with Crippen LogP contribution < -0.4 is 0 Å². The molecule has 0 fully saturated rings. The number of aromatic nitrogens is 1. The van der Waals surface area contributed by atoms with Crippen molar-refractivity contribution in [1.29, 1.82) is 0 Å². The highest BCUT2D eigenvalue weighted by Crippen LogP contribution is 2.22. The van der Waals surface area contributed by atoms with Crippen molar-refractivity contribution in [3.63, 3.8) is 0 Å². The summed E-state index contributed by atoms with van der Waals surface area (Å²) >= 11 is 1.61. The van der Waals surface area contributed by atoms with Gasteiger partial charge >= 0.3 is 0 Å². The molecule has 3 rings (SSSR count). The Morgan fingerprint density at radius 2 is 1.86 bits per heavy atom. The molecule has 2 nitrogen and oxygen atoms in total. The predicted molar refractivity (Wildman–Crippen MR) is 88.0 cm³/mol. The second kappa shape index (κ2) is 5.78. The van der Waals surface area contributed by atoms with E-state index in [0.717, 1.165) is 20.8 Å². The molecule has 0 saturated heterocycles. The van der Waals surface area contributed by atoms with Gasteiger partial charge in [-0.25, -0.2) is 4.98 Å². The third kappa shape index (κ3) is 3.19.